The molecule has 0 saturated carbocycles. The van der Waals surface area contributed by atoms with Gasteiger partial charge in [-0.2, -0.15) is 0 Å². The van der Waals surface area contributed by atoms with Crippen LogP contribution >= 0.6 is 27.5 Å². The van der Waals surface area contributed by atoms with Gasteiger partial charge in [-0.15, -0.1) is 0 Å². The minimum atomic E-state index is -0.415. The van der Waals surface area contributed by atoms with Crippen molar-refractivity contribution in [2.45, 2.75) is 0 Å². The molecule has 0 spiro atoms. The molecule has 1 N–H and O–H groups in total. The third-order valence-electron chi connectivity index (χ3n) is 2.04. The van der Waals surface area contributed by atoms with Crippen LogP contribution in [-0.4, -0.2) is 5.91 Å². The predicted molar refractivity (Wildman–Crippen MR) is 65.8 cm³/mol. The lowest BCUT2D eigenvalue weighted by molar-refractivity contribution is 0.102. The third kappa shape index (κ3) is 2.68. The Labute approximate surface area is 110 Å². The number of halogens is 3. The smallest absolute Gasteiger partial charge is 0.260 e. The Balaban J connectivity index is 2.19. The fraction of sp³-hybridized carbons (Fsp3) is 0. The molecule has 2 aromatic rings. The molecule has 1 aromatic heterocycles. The van der Waals surface area contributed by atoms with Crippen LogP contribution in [0.3, 0.4) is 0 Å². The number of furan rings is 1. The first-order chi connectivity index (χ1) is 8.08. The molecule has 1 heterocycles. The fourth-order valence-corrected chi connectivity index (χ4v) is 1.81. The van der Waals surface area contributed by atoms with E-state index in [1.54, 1.807) is 0 Å². The molecular formula is C11H6BrClFNO2. The van der Waals surface area contributed by atoms with Gasteiger partial charge in [-0.05, 0) is 51.8 Å². The zero-order valence-corrected chi connectivity index (χ0v) is 10.7. The predicted octanol–water partition coefficient (Wildman–Crippen LogP) is 4.09. The second-order valence-corrected chi connectivity index (χ2v) is 4.39. The topological polar surface area (TPSA) is 42.2 Å². The zero-order chi connectivity index (χ0) is 12.4. The Morgan fingerprint density at radius 1 is 1.41 bits per heavy atom. The lowest BCUT2D eigenvalue weighted by Gasteiger charge is -2.04. The maximum Gasteiger partial charge on any atom is 0.260 e. The summed E-state index contributed by atoms with van der Waals surface area (Å²) in [5.74, 6) is -0.813. The van der Waals surface area contributed by atoms with Crippen LogP contribution in [-0.2, 0) is 0 Å². The molecule has 1 aromatic carbocycles. The first-order valence-corrected chi connectivity index (χ1v) is 5.74. The number of hydrogen-bond acceptors (Lipinski definition) is 2. The first kappa shape index (κ1) is 12.1. The average molecular weight is 319 g/mol. The molecule has 88 valence electrons. The summed E-state index contributed by atoms with van der Waals surface area (Å²) in [6.45, 7) is 0. The molecule has 0 aliphatic heterocycles. The van der Waals surface area contributed by atoms with Gasteiger partial charge in [0.25, 0.3) is 5.91 Å². The van der Waals surface area contributed by atoms with Gasteiger partial charge >= 0.3 is 0 Å². The highest BCUT2D eigenvalue weighted by molar-refractivity contribution is 9.10. The summed E-state index contributed by atoms with van der Waals surface area (Å²) in [6, 6.07) is 5.61. The van der Waals surface area contributed by atoms with Crippen LogP contribution in [0.15, 0.2) is 39.4 Å². The van der Waals surface area contributed by atoms with E-state index < -0.39 is 11.7 Å². The second kappa shape index (κ2) is 4.89. The molecule has 0 atom stereocenters. The molecule has 0 radical (unpaired) electrons. The normalized spacial score (nSPS) is 10.3. The highest BCUT2D eigenvalue weighted by atomic mass is 79.9. The minimum absolute atomic E-state index is 0.0173. The summed E-state index contributed by atoms with van der Waals surface area (Å²) in [5.41, 5.74) is 0.688. The van der Waals surface area contributed by atoms with E-state index in [0.29, 0.717) is 5.69 Å². The molecule has 2 rings (SSSR count). The van der Waals surface area contributed by atoms with E-state index in [2.05, 4.69) is 21.2 Å². The van der Waals surface area contributed by atoms with Gasteiger partial charge in [0.05, 0.1) is 16.3 Å². The fourth-order valence-electron chi connectivity index (χ4n) is 1.23. The Bertz CT molecular complexity index is 570. The molecule has 0 saturated heterocycles. The van der Waals surface area contributed by atoms with Gasteiger partial charge in [0.1, 0.15) is 5.82 Å². The summed E-state index contributed by atoms with van der Waals surface area (Å²) >= 11 is 8.69. The van der Waals surface area contributed by atoms with Crippen LogP contribution in [0.25, 0.3) is 0 Å². The van der Waals surface area contributed by atoms with Crippen molar-refractivity contribution in [2.75, 3.05) is 5.32 Å². The van der Waals surface area contributed by atoms with E-state index in [9.17, 15) is 9.18 Å². The van der Waals surface area contributed by atoms with E-state index in [0.717, 1.165) is 0 Å². The van der Waals surface area contributed by atoms with Gasteiger partial charge < -0.3 is 9.73 Å². The summed E-state index contributed by atoms with van der Waals surface area (Å²) in [7, 11) is 0. The van der Waals surface area contributed by atoms with Crippen molar-refractivity contribution in [3.05, 3.63) is 51.6 Å². The molecule has 1 amide bonds. The first-order valence-electron chi connectivity index (χ1n) is 4.57. The summed E-state index contributed by atoms with van der Waals surface area (Å²) in [4.78, 5) is 11.7. The Kier molecular flexibility index (Phi) is 3.49. The number of carbonyl (C=O) groups excluding carboxylic acids is 1. The van der Waals surface area contributed by atoms with Gasteiger partial charge in [0, 0.05) is 5.69 Å². The standard InChI is InChI=1S/C11H6BrClFNO2/c12-8-5-6(1-2-9(8)14)15-11(16)7-3-4-17-10(7)13/h1-5H,(H,15,16). The maximum absolute atomic E-state index is 13.0. The van der Waals surface area contributed by atoms with E-state index >= 15 is 0 Å². The van der Waals surface area contributed by atoms with E-state index in [1.165, 1.54) is 30.5 Å². The molecule has 0 aliphatic rings. The van der Waals surface area contributed by atoms with Crippen LogP contribution in [0, 0.1) is 5.82 Å². The molecule has 0 bridgehead atoms. The second-order valence-electron chi connectivity index (χ2n) is 3.19. The SMILES string of the molecule is O=C(Nc1ccc(F)c(Br)c1)c1ccoc1Cl. The van der Waals surface area contributed by atoms with Crippen LogP contribution in [0.2, 0.25) is 5.22 Å². The van der Waals surface area contributed by atoms with Gasteiger partial charge in [-0.1, -0.05) is 0 Å². The van der Waals surface area contributed by atoms with Crippen molar-refractivity contribution in [1.29, 1.82) is 0 Å². The monoisotopic (exact) mass is 317 g/mol. The Morgan fingerprint density at radius 2 is 2.18 bits per heavy atom. The van der Waals surface area contributed by atoms with Gasteiger partial charge in [-0.25, -0.2) is 4.39 Å². The van der Waals surface area contributed by atoms with Gasteiger partial charge in [0.2, 0.25) is 5.22 Å². The number of benzene rings is 1. The molecule has 0 fully saturated rings. The number of nitrogens with one attached hydrogen (secondary N) is 1. The van der Waals surface area contributed by atoms with Crippen molar-refractivity contribution in [2.24, 2.45) is 0 Å². The van der Waals surface area contributed by atoms with E-state index in [4.69, 9.17) is 16.0 Å². The number of anilines is 1. The highest BCUT2D eigenvalue weighted by Gasteiger charge is 2.13. The number of rotatable bonds is 2. The molecule has 6 heteroatoms. The molecule has 3 nitrogen and oxygen atoms in total. The van der Waals surface area contributed by atoms with Crippen molar-refractivity contribution >= 4 is 39.1 Å². The van der Waals surface area contributed by atoms with E-state index in [1.807, 2.05) is 0 Å². The number of hydrogen-bond donors (Lipinski definition) is 1. The van der Waals surface area contributed by atoms with Crippen molar-refractivity contribution in [3.63, 3.8) is 0 Å². The molecule has 0 aliphatic carbocycles. The van der Waals surface area contributed by atoms with Crippen molar-refractivity contribution in [3.8, 4) is 0 Å². The zero-order valence-electron chi connectivity index (χ0n) is 8.34. The van der Waals surface area contributed by atoms with Crippen LogP contribution < -0.4 is 5.32 Å². The van der Waals surface area contributed by atoms with Crippen LogP contribution in [0.5, 0.6) is 0 Å². The lowest BCUT2D eigenvalue weighted by Crippen LogP contribution is -2.11. The minimum Gasteiger partial charge on any atom is -0.452 e. The largest absolute Gasteiger partial charge is 0.452 e. The Hall–Kier alpha value is -1.33. The van der Waals surface area contributed by atoms with Crippen molar-refractivity contribution in [1.82, 2.24) is 0 Å². The quantitative estimate of drug-likeness (QED) is 0.906. The highest BCUT2D eigenvalue weighted by Crippen LogP contribution is 2.22. The molecular weight excluding hydrogens is 312 g/mol. The molecule has 17 heavy (non-hydrogen) atoms. The van der Waals surface area contributed by atoms with Crippen LogP contribution in [0.4, 0.5) is 10.1 Å². The Morgan fingerprint density at radius 3 is 2.76 bits per heavy atom. The van der Waals surface area contributed by atoms with Crippen LogP contribution in [0.1, 0.15) is 10.4 Å². The van der Waals surface area contributed by atoms with Gasteiger partial charge in [-0.3, -0.25) is 4.79 Å². The average Bonchev–Trinajstić information content (AvgIpc) is 2.70. The summed E-state index contributed by atoms with van der Waals surface area (Å²) in [5, 5.41) is 2.59. The van der Waals surface area contributed by atoms with Crippen molar-refractivity contribution < 1.29 is 13.6 Å². The third-order valence-corrected chi connectivity index (χ3v) is 2.94. The maximum atomic E-state index is 13.0. The molecule has 0 unspecified atom stereocenters. The summed E-state index contributed by atoms with van der Waals surface area (Å²) in [6.07, 6.45) is 1.32. The van der Waals surface area contributed by atoms with Gasteiger partial charge in [0.15, 0.2) is 0 Å². The van der Waals surface area contributed by atoms with E-state index in [-0.39, 0.29) is 15.3 Å². The summed E-state index contributed by atoms with van der Waals surface area (Å²) < 4.78 is 18.1. The lowest BCUT2D eigenvalue weighted by atomic mass is 10.2. The number of carbonyl (C=O) groups is 1. The number of amides is 1.